The molecule has 0 aliphatic carbocycles. The molecule has 0 amide bonds. The maximum Gasteiger partial charge on any atom is 0.328 e. The monoisotopic (exact) mass is 322 g/mol. The molecule has 1 atom stereocenters. The minimum atomic E-state index is -0.233. The first-order valence-electron chi connectivity index (χ1n) is 6.21. The summed E-state index contributed by atoms with van der Waals surface area (Å²) in [4.78, 5) is 13.9. The minimum Gasteiger partial charge on any atom is -0.467 e. The molecule has 0 radical (unpaired) electrons. The molecule has 1 aromatic carbocycles. The third-order valence-corrected chi connectivity index (χ3v) is 4.00. The molecule has 0 spiro atoms. The van der Waals surface area contributed by atoms with Gasteiger partial charge in [0.1, 0.15) is 6.04 Å². The number of benzene rings is 1. The first-order chi connectivity index (χ1) is 9.17. The molecule has 1 aliphatic heterocycles. The van der Waals surface area contributed by atoms with Gasteiger partial charge in [0.25, 0.3) is 0 Å². The van der Waals surface area contributed by atoms with Crippen molar-refractivity contribution in [2.45, 2.75) is 25.3 Å². The van der Waals surface area contributed by atoms with Crippen LogP contribution in [0.3, 0.4) is 0 Å². The van der Waals surface area contributed by atoms with Crippen LogP contribution in [0.4, 0.5) is 5.69 Å². The second-order valence-electron chi connectivity index (χ2n) is 4.51. The predicted octanol–water partition coefficient (Wildman–Crippen LogP) is 2.85. The number of hydrogen-bond acceptors (Lipinski definition) is 4. The Balaban J connectivity index is 2.32. The van der Waals surface area contributed by atoms with Crippen LogP contribution in [0.25, 0.3) is 0 Å². The summed E-state index contributed by atoms with van der Waals surface area (Å²) < 4.78 is 5.71. The van der Waals surface area contributed by atoms with E-state index < -0.39 is 0 Å². The Morgan fingerprint density at radius 2 is 2.32 bits per heavy atom. The number of ether oxygens (including phenoxy) is 1. The summed E-state index contributed by atoms with van der Waals surface area (Å²) in [6.45, 7) is 0.824. The van der Waals surface area contributed by atoms with Crippen molar-refractivity contribution < 1.29 is 9.53 Å². The highest BCUT2D eigenvalue weighted by atomic mass is 79.9. The molecule has 0 saturated carbocycles. The zero-order valence-corrected chi connectivity index (χ0v) is 12.3. The summed E-state index contributed by atoms with van der Waals surface area (Å²) >= 11 is 3.48. The Morgan fingerprint density at radius 3 is 2.95 bits per heavy atom. The number of nitrogens with zero attached hydrogens (tertiary/aromatic N) is 2. The summed E-state index contributed by atoms with van der Waals surface area (Å²) in [5.41, 5.74) is 1.54. The van der Waals surface area contributed by atoms with Gasteiger partial charge in [-0.2, -0.15) is 5.26 Å². The van der Waals surface area contributed by atoms with Gasteiger partial charge < -0.3 is 9.64 Å². The zero-order valence-electron chi connectivity index (χ0n) is 10.7. The molecule has 0 aromatic heterocycles. The fourth-order valence-corrected chi connectivity index (χ4v) is 3.02. The number of methoxy groups -OCH3 is 1. The number of halogens is 1. The van der Waals surface area contributed by atoms with Gasteiger partial charge in [0.2, 0.25) is 0 Å². The van der Waals surface area contributed by atoms with Crippen LogP contribution >= 0.6 is 15.9 Å². The van der Waals surface area contributed by atoms with Crippen LogP contribution < -0.4 is 4.90 Å². The van der Waals surface area contributed by atoms with E-state index in [-0.39, 0.29) is 12.0 Å². The number of anilines is 1. The fourth-order valence-electron chi connectivity index (χ4n) is 2.41. The summed E-state index contributed by atoms with van der Waals surface area (Å²) in [5, 5.41) is 8.88. The van der Waals surface area contributed by atoms with Gasteiger partial charge in [0.15, 0.2) is 0 Å². The molecule has 19 heavy (non-hydrogen) atoms. The Bertz CT molecular complexity index is 525. The molecule has 1 unspecified atom stereocenters. The van der Waals surface area contributed by atoms with Crippen molar-refractivity contribution in [3.8, 4) is 6.07 Å². The van der Waals surface area contributed by atoms with Gasteiger partial charge in [0.05, 0.1) is 24.4 Å². The van der Waals surface area contributed by atoms with Crippen LogP contribution in [0.5, 0.6) is 0 Å². The third kappa shape index (κ3) is 2.90. The summed E-state index contributed by atoms with van der Waals surface area (Å²) in [6, 6.07) is 7.29. The van der Waals surface area contributed by atoms with Gasteiger partial charge in [-0.05, 0) is 53.4 Å². The van der Waals surface area contributed by atoms with Gasteiger partial charge in [0, 0.05) is 11.0 Å². The van der Waals surface area contributed by atoms with Gasteiger partial charge >= 0.3 is 5.97 Å². The first-order valence-corrected chi connectivity index (χ1v) is 7.01. The molecule has 1 aliphatic rings. The van der Waals surface area contributed by atoms with Gasteiger partial charge in [-0.1, -0.05) is 0 Å². The van der Waals surface area contributed by atoms with Crippen molar-refractivity contribution in [3.05, 3.63) is 28.2 Å². The number of carbonyl (C=O) groups excluding carboxylic acids is 1. The number of piperidine rings is 1. The third-order valence-electron chi connectivity index (χ3n) is 3.36. The lowest BCUT2D eigenvalue weighted by Gasteiger charge is -2.36. The highest BCUT2D eigenvalue weighted by Crippen LogP contribution is 2.32. The summed E-state index contributed by atoms with van der Waals surface area (Å²) in [7, 11) is 1.42. The molecule has 0 bridgehead atoms. The Morgan fingerprint density at radius 1 is 1.53 bits per heavy atom. The molecular formula is C14H15BrN2O2. The molecule has 1 aromatic rings. The van der Waals surface area contributed by atoms with Gasteiger partial charge in [-0.25, -0.2) is 4.79 Å². The van der Waals surface area contributed by atoms with Crippen molar-refractivity contribution in [1.82, 2.24) is 0 Å². The van der Waals surface area contributed by atoms with Crippen LogP contribution in [0, 0.1) is 11.3 Å². The highest BCUT2D eigenvalue weighted by Gasteiger charge is 2.30. The lowest BCUT2D eigenvalue weighted by atomic mass is 10.0. The maximum atomic E-state index is 11.9. The quantitative estimate of drug-likeness (QED) is 0.786. The molecule has 1 saturated heterocycles. The summed E-state index contributed by atoms with van der Waals surface area (Å²) in [5.74, 6) is -0.198. The van der Waals surface area contributed by atoms with Crippen LogP contribution in [0.15, 0.2) is 22.7 Å². The topological polar surface area (TPSA) is 53.3 Å². The number of nitriles is 1. The molecule has 100 valence electrons. The molecule has 1 fully saturated rings. The van der Waals surface area contributed by atoms with E-state index in [2.05, 4.69) is 26.9 Å². The maximum absolute atomic E-state index is 11.9. The second kappa shape index (κ2) is 6.07. The van der Waals surface area contributed by atoms with E-state index in [0.717, 1.165) is 36.0 Å². The number of hydrogen-bond donors (Lipinski definition) is 0. The Kier molecular flexibility index (Phi) is 4.43. The van der Waals surface area contributed by atoms with E-state index in [1.54, 1.807) is 12.1 Å². The van der Waals surface area contributed by atoms with Crippen LogP contribution in [0.2, 0.25) is 0 Å². The molecular weight excluding hydrogens is 308 g/mol. The lowest BCUT2D eigenvalue weighted by Crippen LogP contribution is -2.45. The smallest absolute Gasteiger partial charge is 0.328 e. The van der Waals surface area contributed by atoms with E-state index >= 15 is 0 Å². The predicted molar refractivity (Wildman–Crippen MR) is 75.9 cm³/mol. The van der Waals surface area contributed by atoms with E-state index in [1.807, 2.05) is 6.07 Å². The number of carbonyl (C=O) groups is 1. The van der Waals surface area contributed by atoms with E-state index in [0.29, 0.717) is 5.56 Å². The second-order valence-corrected chi connectivity index (χ2v) is 5.36. The van der Waals surface area contributed by atoms with Crippen LogP contribution in [-0.2, 0) is 9.53 Å². The van der Waals surface area contributed by atoms with E-state index in [9.17, 15) is 4.79 Å². The minimum absolute atomic E-state index is 0.198. The molecule has 5 heteroatoms. The number of esters is 1. The highest BCUT2D eigenvalue weighted by molar-refractivity contribution is 9.10. The fraction of sp³-hybridized carbons (Fsp3) is 0.429. The largest absolute Gasteiger partial charge is 0.467 e. The summed E-state index contributed by atoms with van der Waals surface area (Å²) in [6.07, 6.45) is 2.89. The molecule has 0 N–H and O–H groups in total. The average Bonchev–Trinajstić information content (AvgIpc) is 2.46. The first kappa shape index (κ1) is 13.9. The van der Waals surface area contributed by atoms with Crippen LogP contribution in [0.1, 0.15) is 24.8 Å². The molecule has 2 rings (SSSR count). The van der Waals surface area contributed by atoms with Crippen molar-refractivity contribution in [1.29, 1.82) is 5.26 Å². The molecule has 4 nitrogen and oxygen atoms in total. The van der Waals surface area contributed by atoms with E-state index in [1.165, 1.54) is 7.11 Å². The Hall–Kier alpha value is -1.54. The zero-order chi connectivity index (χ0) is 13.8. The Labute approximate surface area is 121 Å². The van der Waals surface area contributed by atoms with Gasteiger partial charge in [-0.3, -0.25) is 0 Å². The average molecular weight is 323 g/mol. The van der Waals surface area contributed by atoms with Gasteiger partial charge in [-0.15, -0.1) is 0 Å². The van der Waals surface area contributed by atoms with Crippen molar-refractivity contribution in [3.63, 3.8) is 0 Å². The van der Waals surface area contributed by atoms with Crippen molar-refractivity contribution >= 4 is 27.6 Å². The van der Waals surface area contributed by atoms with Crippen molar-refractivity contribution in [2.75, 3.05) is 18.6 Å². The number of rotatable bonds is 2. The SMILES string of the molecule is COC(=O)C1CCCCN1c1ccc(C#N)cc1Br. The molecule has 1 heterocycles. The van der Waals surface area contributed by atoms with Crippen LogP contribution in [-0.4, -0.2) is 25.7 Å². The van der Waals surface area contributed by atoms with Crippen molar-refractivity contribution in [2.24, 2.45) is 0 Å². The lowest BCUT2D eigenvalue weighted by molar-refractivity contribution is -0.142. The normalized spacial score (nSPS) is 18.8. The van der Waals surface area contributed by atoms with E-state index in [4.69, 9.17) is 10.00 Å². The standard InChI is InChI=1S/C14H15BrN2O2/c1-19-14(18)13-4-2-3-7-17(13)12-6-5-10(9-16)8-11(12)15/h5-6,8,13H,2-4,7H2,1H3.